The standard InChI is InChI=1S/C29H34N4O2/c1-20-15-21(2)17-25(16-20)31-29(35)28(34)30-18-27(23-9-11-26(12-10-23)32(3)4)33-14-13-22-7-5-6-8-24(22)19-33/h5-12,15-17,27H,13-14,18-19H2,1-4H3,(H,30,34)(H,31,35). The molecule has 2 N–H and O–H groups in total. The van der Waals surface area contributed by atoms with Crippen LogP contribution in [0.25, 0.3) is 0 Å². The molecule has 0 bridgehead atoms. The fraction of sp³-hybridized carbons (Fsp3) is 0.310. The number of nitrogens with one attached hydrogen (secondary N) is 2. The lowest BCUT2D eigenvalue weighted by molar-refractivity contribution is -0.136. The summed E-state index contributed by atoms with van der Waals surface area (Å²) in [5.74, 6) is -1.28. The fourth-order valence-corrected chi connectivity index (χ4v) is 4.74. The van der Waals surface area contributed by atoms with E-state index >= 15 is 0 Å². The molecular weight excluding hydrogens is 436 g/mol. The molecule has 35 heavy (non-hydrogen) atoms. The van der Waals surface area contributed by atoms with Crippen LogP contribution < -0.4 is 15.5 Å². The van der Waals surface area contributed by atoms with Gasteiger partial charge >= 0.3 is 11.8 Å². The van der Waals surface area contributed by atoms with Crippen molar-refractivity contribution in [3.8, 4) is 0 Å². The summed E-state index contributed by atoms with van der Waals surface area (Å²) in [6.45, 7) is 5.97. The first-order chi connectivity index (χ1) is 16.8. The van der Waals surface area contributed by atoms with Gasteiger partial charge in [0.1, 0.15) is 0 Å². The minimum atomic E-state index is -0.652. The van der Waals surface area contributed by atoms with Gasteiger partial charge in [0.15, 0.2) is 0 Å². The third kappa shape index (κ3) is 6.08. The highest BCUT2D eigenvalue weighted by atomic mass is 16.2. The maximum absolute atomic E-state index is 12.7. The quantitative estimate of drug-likeness (QED) is 0.530. The predicted molar refractivity (Wildman–Crippen MR) is 142 cm³/mol. The molecule has 1 aliphatic rings. The van der Waals surface area contributed by atoms with Crippen LogP contribution in [0.15, 0.2) is 66.7 Å². The van der Waals surface area contributed by atoms with Gasteiger partial charge < -0.3 is 15.5 Å². The van der Waals surface area contributed by atoms with Crippen molar-refractivity contribution in [2.75, 3.05) is 37.4 Å². The molecule has 0 aromatic heterocycles. The van der Waals surface area contributed by atoms with Crippen LogP contribution in [0.3, 0.4) is 0 Å². The molecule has 1 atom stereocenters. The summed E-state index contributed by atoms with van der Waals surface area (Å²) in [7, 11) is 4.03. The number of fused-ring (bicyclic) bond motifs is 1. The average Bonchev–Trinajstić information content (AvgIpc) is 2.83. The van der Waals surface area contributed by atoms with E-state index in [1.54, 1.807) is 0 Å². The Morgan fingerprint density at radius 3 is 2.23 bits per heavy atom. The number of carbonyl (C=O) groups is 2. The molecule has 0 fully saturated rings. The van der Waals surface area contributed by atoms with Crippen LogP contribution in [0.4, 0.5) is 11.4 Å². The summed E-state index contributed by atoms with van der Waals surface area (Å²) >= 11 is 0. The number of amides is 2. The fourth-order valence-electron chi connectivity index (χ4n) is 4.74. The van der Waals surface area contributed by atoms with Crippen LogP contribution in [0.2, 0.25) is 0 Å². The van der Waals surface area contributed by atoms with Crippen molar-refractivity contribution in [3.05, 3.63) is 94.5 Å². The Morgan fingerprint density at radius 2 is 1.57 bits per heavy atom. The van der Waals surface area contributed by atoms with Crippen molar-refractivity contribution < 1.29 is 9.59 Å². The van der Waals surface area contributed by atoms with Crippen molar-refractivity contribution >= 4 is 23.2 Å². The number of anilines is 2. The number of aryl methyl sites for hydroxylation is 2. The highest BCUT2D eigenvalue weighted by Crippen LogP contribution is 2.28. The van der Waals surface area contributed by atoms with Crippen molar-refractivity contribution in [2.24, 2.45) is 0 Å². The highest BCUT2D eigenvalue weighted by Gasteiger charge is 2.26. The van der Waals surface area contributed by atoms with Crippen molar-refractivity contribution in [3.63, 3.8) is 0 Å². The first kappa shape index (κ1) is 24.5. The lowest BCUT2D eigenvalue weighted by Crippen LogP contribution is -2.43. The largest absolute Gasteiger partial charge is 0.378 e. The van der Waals surface area contributed by atoms with E-state index in [0.29, 0.717) is 12.2 Å². The van der Waals surface area contributed by atoms with Gasteiger partial charge in [-0.1, -0.05) is 42.5 Å². The number of carbonyl (C=O) groups excluding carboxylic acids is 2. The second kappa shape index (κ2) is 10.7. The van der Waals surface area contributed by atoms with Crippen molar-refractivity contribution in [1.29, 1.82) is 0 Å². The van der Waals surface area contributed by atoms with E-state index in [-0.39, 0.29) is 6.04 Å². The first-order valence-corrected chi connectivity index (χ1v) is 12.1. The molecular formula is C29H34N4O2. The third-order valence-electron chi connectivity index (χ3n) is 6.54. The SMILES string of the molecule is Cc1cc(C)cc(NC(=O)C(=O)NCC(c2ccc(N(C)C)cc2)N2CCc3ccccc3C2)c1. The molecule has 1 unspecified atom stereocenters. The van der Waals surface area contributed by atoms with E-state index < -0.39 is 11.8 Å². The Morgan fingerprint density at radius 1 is 0.914 bits per heavy atom. The Bertz CT molecular complexity index is 1180. The van der Waals surface area contributed by atoms with Crippen LogP contribution in [0, 0.1) is 13.8 Å². The Labute approximate surface area is 207 Å². The van der Waals surface area contributed by atoms with Crippen LogP contribution in [0.5, 0.6) is 0 Å². The molecule has 0 saturated heterocycles. The number of benzene rings is 3. The van der Waals surface area contributed by atoms with Gasteiger partial charge in [-0.05, 0) is 72.4 Å². The number of hydrogen-bond acceptors (Lipinski definition) is 4. The summed E-state index contributed by atoms with van der Waals surface area (Å²) in [6.07, 6.45) is 0.962. The molecule has 4 rings (SSSR count). The van der Waals surface area contributed by atoms with Gasteiger partial charge in [-0.25, -0.2) is 0 Å². The van der Waals surface area contributed by atoms with Gasteiger partial charge in [0.05, 0.1) is 6.04 Å². The zero-order valence-corrected chi connectivity index (χ0v) is 21.0. The summed E-state index contributed by atoms with van der Waals surface area (Å²) in [6, 6.07) is 22.6. The Hall–Kier alpha value is -3.64. The molecule has 3 aromatic carbocycles. The van der Waals surface area contributed by atoms with Crippen LogP contribution >= 0.6 is 0 Å². The normalized spacial score (nSPS) is 14.1. The van der Waals surface area contributed by atoms with E-state index in [0.717, 1.165) is 41.9 Å². The van der Waals surface area contributed by atoms with E-state index in [9.17, 15) is 9.59 Å². The second-order valence-corrected chi connectivity index (χ2v) is 9.53. The van der Waals surface area contributed by atoms with E-state index in [4.69, 9.17) is 0 Å². The molecule has 0 radical (unpaired) electrons. The Kier molecular flexibility index (Phi) is 7.51. The van der Waals surface area contributed by atoms with Crippen LogP contribution in [-0.2, 0) is 22.6 Å². The topological polar surface area (TPSA) is 64.7 Å². The molecule has 182 valence electrons. The first-order valence-electron chi connectivity index (χ1n) is 12.1. The predicted octanol–water partition coefficient (Wildman–Crippen LogP) is 4.22. The number of nitrogens with zero attached hydrogens (tertiary/aromatic N) is 2. The van der Waals surface area contributed by atoms with Crippen molar-refractivity contribution in [1.82, 2.24) is 10.2 Å². The maximum atomic E-state index is 12.7. The zero-order valence-electron chi connectivity index (χ0n) is 21.0. The van der Waals surface area contributed by atoms with Crippen molar-refractivity contribution in [2.45, 2.75) is 32.9 Å². The second-order valence-electron chi connectivity index (χ2n) is 9.53. The van der Waals surface area contributed by atoms with E-state index in [2.05, 4.69) is 69.0 Å². The molecule has 1 heterocycles. The monoisotopic (exact) mass is 470 g/mol. The molecule has 0 saturated carbocycles. The van der Waals surface area contributed by atoms with Gasteiger partial charge in [0.2, 0.25) is 0 Å². The highest BCUT2D eigenvalue weighted by molar-refractivity contribution is 6.39. The molecule has 0 spiro atoms. The summed E-state index contributed by atoms with van der Waals surface area (Å²) in [5.41, 5.74) is 7.62. The number of hydrogen-bond donors (Lipinski definition) is 2. The maximum Gasteiger partial charge on any atom is 0.313 e. The molecule has 3 aromatic rings. The number of rotatable bonds is 6. The minimum absolute atomic E-state index is 0.0440. The van der Waals surface area contributed by atoms with Gasteiger partial charge in [-0.2, -0.15) is 0 Å². The van der Waals surface area contributed by atoms with Crippen LogP contribution in [0.1, 0.15) is 33.9 Å². The van der Waals surface area contributed by atoms with Gasteiger partial charge in [0, 0.05) is 45.1 Å². The Balaban J connectivity index is 1.49. The van der Waals surface area contributed by atoms with Gasteiger partial charge in [0.25, 0.3) is 0 Å². The zero-order chi connectivity index (χ0) is 24.9. The van der Waals surface area contributed by atoms with Gasteiger partial charge in [-0.15, -0.1) is 0 Å². The van der Waals surface area contributed by atoms with E-state index in [1.807, 2.05) is 46.1 Å². The third-order valence-corrected chi connectivity index (χ3v) is 6.54. The lowest BCUT2D eigenvalue weighted by Gasteiger charge is -2.36. The van der Waals surface area contributed by atoms with Crippen LogP contribution in [-0.4, -0.2) is 43.9 Å². The summed E-state index contributed by atoms with van der Waals surface area (Å²) in [4.78, 5) is 29.8. The minimum Gasteiger partial charge on any atom is -0.378 e. The molecule has 2 amide bonds. The molecule has 1 aliphatic heterocycles. The molecule has 6 nitrogen and oxygen atoms in total. The average molecular weight is 471 g/mol. The molecule has 6 heteroatoms. The summed E-state index contributed by atoms with van der Waals surface area (Å²) < 4.78 is 0. The van der Waals surface area contributed by atoms with Gasteiger partial charge in [-0.3, -0.25) is 14.5 Å². The van der Waals surface area contributed by atoms with E-state index in [1.165, 1.54) is 11.1 Å². The summed E-state index contributed by atoms with van der Waals surface area (Å²) in [5, 5.41) is 5.62. The smallest absolute Gasteiger partial charge is 0.313 e. The lowest BCUT2D eigenvalue weighted by atomic mass is 9.96. The molecule has 0 aliphatic carbocycles.